The van der Waals surface area contributed by atoms with Crippen molar-refractivity contribution in [3.8, 4) is 0 Å². The molecule has 1 fully saturated rings. The standard InChI is InChI=1S/C12H13BrClF/c13-10-4-9(6-12(15)7-10)3-8-1-2-11(14)5-8/h4,6-8,11H,1-3,5H2. The Morgan fingerprint density at radius 1 is 1.33 bits per heavy atom. The van der Waals surface area contributed by atoms with Crippen LogP contribution in [0.3, 0.4) is 0 Å². The zero-order valence-electron chi connectivity index (χ0n) is 8.35. The van der Waals surface area contributed by atoms with Gasteiger partial charge in [0.15, 0.2) is 0 Å². The molecule has 1 aliphatic carbocycles. The van der Waals surface area contributed by atoms with Gasteiger partial charge in [-0.3, -0.25) is 0 Å². The molecule has 3 heteroatoms. The van der Waals surface area contributed by atoms with Crippen molar-refractivity contribution in [3.63, 3.8) is 0 Å². The fourth-order valence-corrected chi connectivity index (χ4v) is 3.15. The lowest BCUT2D eigenvalue weighted by Gasteiger charge is -2.09. The molecule has 1 aromatic rings. The lowest BCUT2D eigenvalue weighted by Crippen LogP contribution is -2.00. The molecule has 0 radical (unpaired) electrons. The Hall–Kier alpha value is -0.0800. The van der Waals surface area contributed by atoms with Crippen LogP contribution in [-0.4, -0.2) is 5.38 Å². The highest BCUT2D eigenvalue weighted by Crippen LogP contribution is 2.32. The van der Waals surface area contributed by atoms with E-state index in [2.05, 4.69) is 15.9 Å². The van der Waals surface area contributed by atoms with Crippen LogP contribution in [-0.2, 0) is 6.42 Å². The average molecular weight is 292 g/mol. The van der Waals surface area contributed by atoms with Crippen LogP contribution in [0.4, 0.5) is 4.39 Å². The molecule has 1 aliphatic rings. The predicted molar refractivity (Wildman–Crippen MR) is 64.8 cm³/mol. The molecule has 0 saturated heterocycles. The average Bonchev–Trinajstić information content (AvgIpc) is 2.49. The Morgan fingerprint density at radius 3 is 2.73 bits per heavy atom. The van der Waals surface area contributed by atoms with E-state index in [1.54, 1.807) is 6.07 Å². The van der Waals surface area contributed by atoms with Gasteiger partial charge in [0.1, 0.15) is 5.82 Å². The zero-order valence-corrected chi connectivity index (χ0v) is 10.7. The second kappa shape index (κ2) is 4.84. The predicted octanol–water partition coefficient (Wildman–Crippen LogP) is 4.54. The molecule has 0 N–H and O–H groups in total. The summed E-state index contributed by atoms with van der Waals surface area (Å²) < 4.78 is 13.9. The second-order valence-corrected chi connectivity index (χ2v) is 5.79. The third-order valence-corrected chi connectivity index (χ3v) is 3.78. The molecular weight excluding hydrogens is 278 g/mol. The number of alkyl halides is 1. The first-order valence-corrected chi connectivity index (χ1v) is 6.45. The van der Waals surface area contributed by atoms with Gasteiger partial charge in [0, 0.05) is 9.85 Å². The fourth-order valence-electron chi connectivity index (χ4n) is 2.26. The van der Waals surface area contributed by atoms with Crippen LogP contribution >= 0.6 is 27.5 Å². The minimum atomic E-state index is -0.167. The largest absolute Gasteiger partial charge is 0.207 e. The molecular formula is C12H13BrClF. The van der Waals surface area contributed by atoms with Crippen LogP contribution in [0.2, 0.25) is 0 Å². The Balaban J connectivity index is 2.04. The molecule has 0 nitrogen and oxygen atoms in total. The molecule has 0 heterocycles. The first-order valence-electron chi connectivity index (χ1n) is 5.22. The lowest BCUT2D eigenvalue weighted by molar-refractivity contribution is 0.543. The third kappa shape index (κ3) is 3.18. The first-order chi connectivity index (χ1) is 7.13. The van der Waals surface area contributed by atoms with E-state index in [1.807, 2.05) is 6.07 Å². The molecule has 0 spiro atoms. The van der Waals surface area contributed by atoms with Gasteiger partial charge >= 0.3 is 0 Å². The van der Waals surface area contributed by atoms with Gasteiger partial charge in [-0.05, 0) is 55.4 Å². The maximum absolute atomic E-state index is 13.1. The second-order valence-electron chi connectivity index (χ2n) is 4.26. The number of hydrogen-bond donors (Lipinski definition) is 0. The van der Waals surface area contributed by atoms with Crippen molar-refractivity contribution in [1.82, 2.24) is 0 Å². The minimum Gasteiger partial charge on any atom is -0.207 e. The van der Waals surface area contributed by atoms with Gasteiger partial charge in [-0.15, -0.1) is 11.6 Å². The van der Waals surface area contributed by atoms with Gasteiger partial charge in [-0.2, -0.15) is 0 Å². The van der Waals surface area contributed by atoms with Crippen molar-refractivity contribution in [2.24, 2.45) is 5.92 Å². The molecule has 82 valence electrons. The van der Waals surface area contributed by atoms with E-state index in [9.17, 15) is 4.39 Å². The van der Waals surface area contributed by atoms with Gasteiger partial charge in [0.05, 0.1) is 0 Å². The molecule has 0 aliphatic heterocycles. The van der Waals surface area contributed by atoms with E-state index in [0.29, 0.717) is 11.3 Å². The Bertz CT molecular complexity index is 333. The van der Waals surface area contributed by atoms with Crippen LogP contribution < -0.4 is 0 Å². The van der Waals surface area contributed by atoms with Gasteiger partial charge in [0.2, 0.25) is 0 Å². The highest BCUT2D eigenvalue weighted by atomic mass is 79.9. The molecule has 2 atom stereocenters. The summed E-state index contributed by atoms with van der Waals surface area (Å²) in [5.74, 6) is 0.459. The molecule has 1 aromatic carbocycles. The molecule has 0 amide bonds. The molecule has 2 unspecified atom stereocenters. The van der Waals surface area contributed by atoms with Gasteiger partial charge < -0.3 is 0 Å². The van der Waals surface area contributed by atoms with Crippen LogP contribution in [0.25, 0.3) is 0 Å². The highest BCUT2D eigenvalue weighted by Gasteiger charge is 2.23. The van der Waals surface area contributed by atoms with Crippen molar-refractivity contribution >= 4 is 27.5 Å². The number of hydrogen-bond acceptors (Lipinski definition) is 0. The van der Waals surface area contributed by atoms with Crippen LogP contribution in [0, 0.1) is 11.7 Å². The normalized spacial score (nSPS) is 25.8. The highest BCUT2D eigenvalue weighted by molar-refractivity contribution is 9.10. The van der Waals surface area contributed by atoms with Crippen molar-refractivity contribution in [1.29, 1.82) is 0 Å². The summed E-state index contributed by atoms with van der Waals surface area (Å²) in [6.07, 6.45) is 4.28. The van der Waals surface area contributed by atoms with E-state index >= 15 is 0 Å². The molecule has 0 aromatic heterocycles. The van der Waals surface area contributed by atoms with Gasteiger partial charge in [-0.25, -0.2) is 4.39 Å². The van der Waals surface area contributed by atoms with Gasteiger partial charge in [0.25, 0.3) is 0 Å². The zero-order chi connectivity index (χ0) is 10.8. The lowest BCUT2D eigenvalue weighted by atomic mass is 9.98. The number of halogens is 3. The topological polar surface area (TPSA) is 0 Å². The molecule has 15 heavy (non-hydrogen) atoms. The van der Waals surface area contributed by atoms with E-state index < -0.39 is 0 Å². The van der Waals surface area contributed by atoms with Crippen molar-refractivity contribution in [2.45, 2.75) is 31.1 Å². The Labute approximate surface area is 103 Å². The summed E-state index contributed by atoms with van der Waals surface area (Å²) in [6.45, 7) is 0. The van der Waals surface area contributed by atoms with Crippen molar-refractivity contribution in [2.75, 3.05) is 0 Å². The number of benzene rings is 1. The van der Waals surface area contributed by atoms with E-state index in [0.717, 1.165) is 29.3 Å². The maximum atomic E-state index is 13.1. The molecule has 0 bridgehead atoms. The van der Waals surface area contributed by atoms with E-state index in [1.165, 1.54) is 12.5 Å². The van der Waals surface area contributed by atoms with Crippen LogP contribution in [0.15, 0.2) is 22.7 Å². The van der Waals surface area contributed by atoms with Crippen LogP contribution in [0.1, 0.15) is 24.8 Å². The third-order valence-electron chi connectivity index (χ3n) is 2.92. The summed E-state index contributed by atoms with van der Waals surface area (Å²) in [4.78, 5) is 0. The first kappa shape index (κ1) is 11.4. The quantitative estimate of drug-likeness (QED) is 0.702. The smallest absolute Gasteiger partial charge is 0.124 e. The number of rotatable bonds is 2. The maximum Gasteiger partial charge on any atom is 0.124 e. The minimum absolute atomic E-state index is 0.167. The summed E-state index contributed by atoms with van der Waals surface area (Å²) in [5.41, 5.74) is 1.07. The molecule has 2 rings (SSSR count). The Kier molecular flexibility index (Phi) is 3.68. The van der Waals surface area contributed by atoms with Gasteiger partial charge in [-0.1, -0.05) is 15.9 Å². The van der Waals surface area contributed by atoms with Crippen molar-refractivity contribution < 1.29 is 4.39 Å². The van der Waals surface area contributed by atoms with E-state index in [-0.39, 0.29) is 5.82 Å². The summed E-state index contributed by atoms with van der Waals surface area (Å²) in [7, 11) is 0. The van der Waals surface area contributed by atoms with Crippen molar-refractivity contribution in [3.05, 3.63) is 34.1 Å². The summed E-state index contributed by atoms with van der Waals surface area (Å²) in [6, 6.07) is 5.10. The molecule has 1 saturated carbocycles. The van der Waals surface area contributed by atoms with E-state index in [4.69, 9.17) is 11.6 Å². The summed E-state index contributed by atoms with van der Waals surface area (Å²) in [5, 5.41) is 0.326. The Morgan fingerprint density at radius 2 is 2.13 bits per heavy atom. The fraction of sp³-hybridized carbons (Fsp3) is 0.500. The monoisotopic (exact) mass is 290 g/mol. The SMILES string of the molecule is Fc1cc(Br)cc(CC2CCC(Cl)C2)c1. The summed E-state index contributed by atoms with van der Waals surface area (Å²) >= 11 is 9.36. The van der Waals surface area contributed by atoms with Crippen LogP contribution in [0.5, 0.6) is 0 Å².